The summed E-state index contributed by atoms with van der Waals surface area (Å²) in [6, 6.07) is 8.97. The predicted molar refractivity (Wildman–Crippen MR) is 123 cm³/mol. The van der Waals surface area contributed by atoms with E-state index in [1.54, 1.807) is 0 Å². The molecule has 2 N–H and O–H groups in total. The highest BCUT2D eigenvalue weighted by Crippen LogP contribution is 2.35. The number of carboxylic acid groups (broad SMARTS) is 1. The molecule has 0 saturated carbocycles. The number of carbonyl (C=O) groups is 2. The van der Waals surface area contributed by atoms with Crippen molar-refractivity contribution in [3.8, 4) is 0 Å². The van der Waals surface area contributed by atoms with Crippen molar-refractivity contribution in [1.29, 1.82) is 0 Å². The number of hydrogen-bond acceptors (Lipinski definition) is 3. The van der Waals surface area contributed by atoms with E-state index in [2.05, 4.69) is 10.4 Å². The van der Waals surface area contributed by atoms with Gasteiger partial charge in [-0.05, 0) is 49.2 Å². The largest absolute Gasteiger partial charge is 0.478 e. The van der Waals surface area contributed by atoms with Crippen LogP contribution in [0.5, 0.6) is 0 Å². The summed E-state index contributed by atoms with van der Waals surface area (Å²) in [7, 11) is 0. The molecule has 200 valence electrons. The van der Waals surface area contributed by atoms with E-state index in [0.717, 1.165) is 16.6 Å². The lowest BCUT2D eigenvalue weighted by Crippen LogP contribution is -2.29. The van der Waals surface area contributed by atoms with E-state index in [-0.39, 0.29) is 29.0 Å². The summed E-state index contributed by atoms with van der Waals surface area (Å²) in [6.07, 6.45) is -8.21. The zero-order valence-corrected chi connectivity index (χ0v) is 19.9. The number of aryl methyl sites for hydroxylation is 1. The van der Waals surface area contributed by atoms with Gasteiger partial charge in [-0.2, -0.15) is 31.4 Å². The lowest BCUT2D eigenvalue weighted by molar-refractivity contribution is -0.141. The number of hydrogen-bond donors (Lipinski definition) is 2. The molecule has 4 rings (SSSR count). The summed E-state index contributed by atoms with van der Waals surface area (Å²) in [6.45, 7) is 2.71. The van der Waals surface area contributed by atoms with Crippen molar-refractivity contribution in [2.45, 2.75) is 38.8 Å². The first-order valence-electron chi connectivity index (χ1n) is 11.1. The molecule has 2 heterocycles. The molecule has 2 aromatic carbocycles. The zero-order chi connectivity index (χ0) is 28.0. The van der Waals surface area contributed by atoms with Crippen LogP contribution in [-0.2, 0) is 18.9 Å². The molecular weight excluding hydrogens is 518 g/mol. The molecule has 1 amide bonds. The quantitative estimate of drug-likeness (QED) is 0.308. The molecular formula is C25H20F6N4O3. The van der Waals surface area contributed by atoms with Crippen LogP contribution < -0.4 is 5.32 Å². The van der Waals surface area contributed by atoms with Crippen molar-refractivity contribution < 1.29 is 41.0 Å². The van der Waals surface area contributed by atoms with Gasteiger partial charge in [0, 0.05) is 12.7 Å². The summed E-state index contributed by atoms with van der Waals surface area (Å²) >= 11 is 0. The predicted octanol–water partition coefficient (Wildman–Crippen LogP) is 5.72. The van der Waals surface area contributed by atoms with Crippen molar-refractivity contribution in [2.75, 3.05) is 0 Å². The van der Waals surface area contributed by atoms with Crippen LogP contribution in [0, 0.1) is 6.92 Å². The van der Waals surface area contributed by atoms with E-state index in [9.17, 15) is 35.9 Å². The Morgan fingerprint density at radius 2 is 1.68 bits per heavy atom. The molecule has 0 bridgehead atoms. The molecule has 0 fully saturated rings. The number of nitrogens with one attached hydrogen (secondary N) is 1. The molecule has 4 aromatic rings. The summed E-state index contributed by atoms with van der Waals surface area (Å²) in [4.78, 5) is 24.3. The number of rotatable bonds is 6. The number of amides is 1. The standard InChI is InChI=1S/C25H20F6N4O3/c1-13-11-34(12-15-4-3-5-18(10-15)24(26,27)28)22-19(20(25(29,30)31)33-35(13)22)21(36)32-14(2)16-6-8-17(9-7-16)23(37)38/h3-11,14H,12H2,1-2H3,(H,32,36)(H,37,38). The second kappa shape index (κ2) is 9.54. The summed E-state index contributed by atoms with van der Waals surface area (Å²) in [5.41, 5.74) is -2.56. The first-order valence-corrected chi connectivity index (χ1v) is 11.1. The molecule has 2 aromatic heterocycles. The molecule has 0 saturated heterocycles. The Hall–Kier alpha value is -4.29. The minimum atomic E-state index is -5.00. The van der Waals surface area contributed by atoms with Gasteiger partial charge in [-0.3, -0.25) is 4.79 Å². The first-order chi connectivity index (χ1) is 17.7. The third kappa shape index (κ3) is 5.22. The van der Waals surface area contributed by atoms with Gasteiger partial charge in [-0.1, -0.05) is 24.3 Å². The Morgan fingerprint density at radius 3 is 2.26 bits per heavy atom. The maximum atomic E-state index is 13.9. The van der Waals surface area contributed by atoms with E-state index >= 15 is 0 Å². The Morgan fingerprint density at radius 1 is 1.03 bits per heavy atom. The van der Waals surface area contributed by atoms with Gasteiger partial charge in [0.25, 0.3) is 5.91 Å². The van der Waals surface area contributed by atoms with E-state index in [1.165, 1.54) is 61.0 Å². The van der Waals surface area contributed by atoms with Gasteiger partial charge in [-0.25, -0.2) is 9.31 Å². The van der Waals surface area contributed by atoms with Gasteiger partial charge in [0.15, 0.2) is 5.69 Å². The maximum Gasteiger partial charge on any atom is 0.436 e. The smallest absolute Gasteiger partial charge is 0.436 e. The molecule has 13 heteroatoms. The van der Waals surface area contributed by atoms with Crippen LogP contribution in [0.2, 0.25) is 0 Å². The van der Waals surface area contributed by atoms with Crippen LogP contribution in [0.4, 0.5) is 26.3 Å². The monoisotopic (exact) mass is 538 g/mol. The maximum absolute atomic E-state index is 13.9. The van der Waals surface area contributed by atoms with E-state index < -0.39 is 47.1 Å². The fraction of sp³-hybridized carbons (Fsp3) is 0.240. The molecule has 1 unspecified atom stereocenters. The normalized spacial score (nSPS) is 13.1. The molecule has 0 aliphatic rings. The number of halogens is 6. The lowest BCUT2D eigenvalue weighted by atomic mass is 10.1. The molecule has 0 aliphatic heterocycles. The van der Waals surface area contributed by atoms with Gasteiger partial charge in [0.2, 0.25) is 0 Å². The Bertz CT molecular complexity index is 1520. The minimum absolute atomic E-state index is 0.00660. The van der Waals surface area contributed by atoms with Crippen LogP contribution in [-0.4, -0.2) is 31.2 Å². The van der Waals surface area contributed by atoms with Crippen LogP contribution in [0.25, 0.3) is 5.65 Å². The Kier molecular flexibility index (Phi) is 6.72. The minimum Gasteiger partial charge on any atom is -0.478 e. The van der Waals surface area contributed by atoms with Crippen LogP contribution >= 0.6 is 0 Å². The van der Waals surface area contributed by atoms with Gasteiger partial charge in [0.05, 0.1) is 22.9 Å². The number of imidazole rings is 1. The van der Waals surface area contributed by atoms with Gasteiger partial charge in [-0.15, -0.1) is 0 Å². The van der Waals surface area contributed by atoms with Gasteiger partial charge in [0.1, 0.15) is 11.2 Å². The Balaban J connectivity index is 1.75. The van der Waals surface area contributed by atoms with Crippen molar-refractivity contribution >= 4 is 17.5 Å². The van der Waals surface area contributed by atoms with E-state index in [1.807, 2.05) is 0 Å². The van der Waals surface area contributed by atoms with Gasteiger partial charge < -0.3 is 15.0 Å². The highest BCUT2D eigenvalue weighted by molar-refractivity contribution is 6.01. The summed E-state index contributed by atoms with van der Waals surface area (Å²) < 4.78 is 83.5. The first kappa shape index (κ1) is 26.8. The van der Waals surface area contributed by atoms with Crippen molar-refractivity contribution in [2.24, 2.45) is 0 Å². The molecule has 1 atom stereocenters. The molecule has 38 heavy (non-hydrogen) atoms. The number of fused-ring (bicyclic) bond motifs is 1. The fourth-order valence-corrected chi connectivity index (χ4v) is 4.10. The average molecular weight is 538 g/mol. The zero-order valence-electron chi connectivity index (χ0n) is 19.9. The van der Waals surface area contributed by atoms with Crippen LogP contribution in [0.1, 0.15) is 61.8 Å². The summed E-state index contributed by atoms with van der Waals surface area (Å²) in [5.74, 6) is -2.27. The number of aromatic carboxylic acids is 1. The van der Waals surface area contributed by atoms with E-state index in [4.69, 9.17) is 5.11 Å². The van der Waals surface area contributed by atoms with Gasteiger partial charge >= 0.3 is 18.3 Å². The van der Waals surface area contributed by atoms with Crippen LogP contribution in [0.3, 0.4) is 0 Å². The second-order valence-electron chi connectivity index (χ2n) is 8.68. The summed E-state index contributed by atoms with van der Waals surface area (Å²) in [5, 5.41) is 15.1. The molecule has 0 radical (unpaired) electrons. The lowest BCUT2D eigenvalue weighted by Gasteiger charge is -2.16. The highest BCUT2D eigenvalue weighted by Gasteiger charge is 2.42. The fourth-order valence-electron chi connectivity index (χ4n) is 4.10. The Labute approximate surface area is 211 Å². The molecule has 0 spiro atoms. The highest BCUT2D eigenvalue weighted by atomic mass is 19.4. The van der Waals surface area contributed by atoms with Crippen LogP contribution in [0.15, 0.2) is 54.7 Å². The number of carboxylic acids is 1. The number of alkyl halides is 6. The number of nitrogens with zero attached hydrogens (tertiary/aromatic N) is 3. The topological polar surface area (TPSA) is 88.6 Å². The number of benzene rings is 2. The van der Waals surface area contributed by atoms with Crippen molar-refractivity contribution in [3.05, 3.63) is 93.9 Å². The van der Waals surface area contributed by atoms with Crippen molar-refractivity contribution in [3.63, 3.8) is 0 Å². The number of aromatic nitrogens is 3. The second-order valence-corrected chi connectivity index (χ2v) is 8.68. The third-order valence-corrected chi connectivity index (χ3v) is 5.92. The third-order valence-electron chi connectivity index (χ3n) is 5.92. The van der Waals surface area contributed by atoms with Crippen molar-refractivity contribution in [1.82, 2.24) is 19.5 Å². The SMILES string of the molecule is Cc1cn(Cc2cccc(C(F)(F)F)c2)c2c(C(=O)NC(C)c3ccc(C(=O)O)cc3)c(C(F)(F)F)nn12. The average Bonchev–Trinajstić information content (AvgIpc) is 3.37. The molecule has 0 aliphatic carbocycles. The number of carbonyl (C=O) groups excluding carboxylic acids is 1. The van der Waals surface area contributed by atoms with E-state index in [0.29, 0.717) is 5.56 Å². The molecule has 7 nitrogen and oxygen atoms in total.